The van der Waals surface area contributed by atoms with Gasteiger partial charge in [0.1, 0.15) is 11.6 Å². The number of amides is 2. The lowest BCUT2D eigenvalue weighted by atomic mass is 9.76. The molecule has 0 bridgehead atoms. The van der Waals surface area contributed by atoms with Crippen molar-refractivity contribution in [2.75, 3.05) is 17.1 Å². The van der Waals surface area contributed by atoms with Gasteiger partial charge in [-0.2, -0.15) is 10.1 Å². The number of benzene rings is 3. The van der Waals surface area contributed by atoms with Gasteiger partial charge in [-0.3, -0.25) is 9.59 Å². The summed E-state index contributed by atoms with van der Waals surface area (Å²) in [6.07, 6.45) is 2.08. The van der Waals surface area contributed by atoms with E-state index in [1.807, 2.05) is 30.3 Å². The number of nitrogens with one attached hydrogen (secondary N) is 2. The van der Waals surface area contributed by atoms with E-state index in [1.54, 1.807) is 24.3 Å². The maximum atomic E-state index is 12.9. The molecule has 0 unspecified atom stereocenters. The molecule has 2 N–H and O–H groups in total. The Labute approximate surface area is 237 Å². The molecule has 1 heterocycles. The van der Waals surface area contributed by atoms with Crippen molar-refractivity contribution in [2.24, 2.45) is 5.10 Å². The lowest BCUT2D eigenvalue weighted by molar-refractivity contribution is -0.116. The molecule has 0 radical (unpaired) electrons. The van der Waals surface area contributed by atoms with Crippen LogP contribution in [-0.4, -0.2) is 24.4 Å². The fraction of sp³-hybridized carbons (Fsp3) is 0.364. The average molecular weight is 541 g/mol. The summed E-state index contributed by atoms with van der Waals surface area (Å²) in [4.78, 5) is 25.4. The van der Waals surface area contributed by atoms with Gasteiger partial charge in [0, 0.05) is 16.8 Å². The lowest BCUT2D eigenvalue weighted by Gasteiger charge is -2.30. The van der Waals surface area contributed by atoms with E-state index in [9.17, 15) is 9.59 Å². The SMILES string of the molecule is CCC(C)(C)c1ccc(OCNc2cccc(C(=O)NC3=NN(c4ccccc4)C(=O)C3)c2)c(C(C)(C)CC)c1. The minimum absolute atomic E-state index is 0.0341. The topological polar surface area (TPSA) is 83.0 Å². The number of para-hydroxylation sites is 1. The zero-order valence-electron chi connectivity index (χ0n) is 24.4. The average Bonchev–Trinajstić information content (AvgIpc) is 3.33. The van der Waals surface area contributed by atoms with E-state index in [0.717, 1.165) is 24.3 Å². The fourth-order valence-corrected chi connectivity index (χ4v) is 4.44. The summed E-state index contributed by atoms with van der Waals surface area (Å²) in [5.74, 6) is 0.662. The molecular formula is C33H40N4O3. The van der Waals surface area contributed by atoms with Gasteiger partial charge in [-0.15, -0.1) is 0 Å². The van der Waals surface area contributed by atoms with Gasteiger partial charge in [0.25, 0.3) is 11.8 Å². The largest absolute Gasteiger partial charge is 0.473 e. The van der Waals surface area contributed by atoms with Crippen molar-refractivity contribution in [3.05, 3.63) is 89.5 Å². The number of ether oxygens (including phenoxy) is 1. The molecular weight excluding hydrogens is 500 g/mol. The van der Waals surface area contributed by atoms with Crippen molar-refractivity contribution in [3.8, 4) is 5.75 Å². The molecule has 40 heavy (non-hydrogen) atoms. The number of rotatable bonds is 10. The van der Waals surface area contributed by atoms with Crippen LogP contribution in [0.3, 0.4) is 0 Å². The van der Waals surface area contributed by atoms with E-state index in [2.05, 4.69) is 75.5 Å². The minimum atomic E-state index is -0.327. The van der Waals surface area contributed by atoms with E-state index >= 15 is 0 Å². The van der Waals surface area contributed by atoms with E-state index in [4.69, 9.17) is 4.74 Å². The highest BCUT2D eigenvalue weighted by atomic mass is 16.5. The standard InChI is InChI=1S/C33H40N4O3/c1-7-32(3,4)24-17-18-28(27(20-24)33(5,6)8-2)40-22-34-25-14-12-13-23(19-25)31(39)35-29-21-30(38)37(36-29)26-15-10-9-11-16-26/h9-20,34H,7-8,21-22H2,1-6H3,(H,35,36,39). The van der Waals surface area contributed by atoms with E-state index in [1.165, 1.54) is 16.1 Å². The summed E-state index contributed by atoms with van der Waals surface area (Å²) in [7, 11) is 0. The number of carbonyl (C=O) groups is 2. The first-order chi connectivity index (χ1) is 19.0. The Bertz CT molecular complexity index is 1400. The smallest absolute Gasteiger partial charge is 0.256 e. The van der Waals surface area contributed by atoms with Crippen molar-refractivity contribution in [3.63, 3.8) is 0 Å². The molecule has 1 aliphatic rings. The first kappa shape index (κ1) is 28.9. The zero-order valence-corrected chi connectivity index (χ0v) is 24.4. The molecule has 7 heteroatoms. The number of hydrazone groups is 1. The molecule has 0 saturated heterocycles. The number of hydrogen-bond acceptors (Lipinski definition) is 5. The van der Waals surface area contributed by atoms with Crippen LogP contribution in [0.5, 0.6) is 5.75 Å². The van der Waals surface area contributed by atoms with Gasteiger partial charge >= 0.3 is 0 Å². The lowest BCUT2D eigenvalue weighted by Crippen LogP contribution is -2.29. The molecule has 1 aliphatic heterocycles. The van der Waals surface area contributed by atoms with Gasteiger partial charge in [-0.1, -0.05) is 77.9 Å². The third-order valence-corrected chi connectivity index (χ3v) is 7.92. The van der Waals surface area contributed by atoms with Crippen LogP contribution in [0, 0.1) is 0 Å². The summed E-state index contributed by atoms with van der Waals surface area (Å²) in [5.41, 5.74) is 4.44. The van der Waals surface area contributed by atoms with Gasteiger partial charge < -0.3 is 15.4 Å². The van der Waals surface area contributed by atoms with Crippen LogP contribution >= 0.6 is 0 Å². The van der Waals surface area contributed by atoms with Crippen LogP contribution < -0.4 is 20.4 Å². The molecule has 0 atom stereocenters. The second-order valence-corrected chi connectivity index (χ2v) is 11.5. The van der Waals surface area contributed by atoms with E-state index < -0.39 is 0 Å². The number of carbonyl (C=O) groups excluding carboxylic acids is 2. The summed E-state index contributed by atoms with van der Waals surface area (Å²) in [6.45, 7) is 13.7. The van der Waals surface area contributed by atoms with E-state index in [0.29, 0.717) is 17.1 Å². The van der Waals surface area contributed by atoms with Gasteiger partial charge in [0.05, 0.1) is 12.1 Å². The molecule has 4 rings (SSSR count). The summed E-state index contributed by atoms with van der Waals surface area (Å²) in [6, 6.07) is 22.9. The Hall–Kier alpha value is -4.13. The number of nitrogens with zero attached hydrogens (tertiary/aromatic N) is 2. The highest BCUT2D eigenvalue weighted by Gasteiger charge is 2.28. The van der Waals surface area contributed by atoms with Crippen molar-refractivity contribution in [1.82, 2.24) is 5.32 Å². The Kier molecular flexibility index (Phi) is 8.62. The zero-order chi connectivity index (χ0) is 28.9. The second kappa shape index (κ2) is 11.9. The number of amidine groups is 1. The molecule has 0 saturated carbocycles. The normalized spacial score (nSPS) is 13.7. The predicted molar refractivity (Wildman–Crippen MR) is 162 cm³/mol. The quantitative estimate of drug-likeness (QED) is 0.272. The molecule has 3 aromatic rings. The van der Waals surface area contributed by atoms with Crippen LogP contribution in [0.4, 0.5) is 11.4 Å². The number of anilines is 2. The van der Waals surface area contributed by atoms with Crippen LogP contribution in [0.15, 0.2) is 77.9 Å². The predicted octanol–water partition coefficient (Wildman–Crippen LogP) is 6.99. The van der Waals surface area contributed by atoms with Crippen molar-refractivity contribution in [2.45, 2.75) is 71.6 Å². The van der Waals surface area contributed by atoms with Crippen LogP contribution in [-0.2, 0) is 15.6 Å². The molecule has 210 valence electrons. The van der Waals surface area contributed by atoms with Crippen molar-refractivity contribution < 1.29 is 14.3 Å². The number of hydrogen-bond donors (Lipinski definition) is 2. The Morgan fingerprint density at radius 1 is 0.925 bits per heavy atom. The molecule has 2 amide bonds. The van der Waals surface area contributed by atoms with E-state index in [-0.39, 0.29) is 35.8 Å². The highest BCUT2D eigenvalue weighted by Crippen LogP contribution is 2.38. The van der Waals surface area contributed by atoms with Crippen LogP contribution in [0.1, 0.15) is 82.3 Å². The Morgan fingerprint density at radius 2 is 1.65 bits per heavy atom. The molecule has 0 fully saturated rings. The Balaban J connectivity index is 1.42. The molecule has 0 aliphatic carbocycles. The van der Waals surface area contributed by atoms with Crippen LogP contribution in [0.2, 0.25) is 0 Å². The first-order valence-corrected chi connectivity index (χ1v) is 13.9. The third-order valence-electron chi connectivity index (χ3n) is 7.92. The third kappa shape index (κ3) is 6.53. The highest BCUT2D eigenvalue weighted by molar-refractivity contribution is 6.17. The summed E-state index contributed by atoms with van der Waals surface area (Å²) >= 11 is 0. The van der Waals surface area contributed by atoms with Crippen LogP contribution in [0.25, 0.3) is 0 Å². The summed E-state index contributed by atoms with van der Waals surface area (Å²) in [5, 5.41) is 11.7. The second-order valence-electron chi connectivity index (χ2n) is 11.5. The maximum absolute atomic E-state index is 12.9. The monoisotopic (exact) mass is 540 g/mol. The van der Waals surface area contributed by atoms with Gasteiger partial charge in [0.15, 0.2) is 6.73 Å². The molecule has 3 aromatic carbocycles. The van der Waals surface area contributed by atoms with Crippen molar-refractivity contribution >= 4 is 29.0 Å². The molecule has 0 spiro atoms. The summed E-state index contributed by atoms with van der Waals surface area (Å²) < 4.78 is 6.23. The first-order valence-electron chi connectivity index (χ1n) is 13.9. The van der Waals surface area contributed by atoms with Gasteiger partial charge in [0.2, 0.25) is 0 Å². The Morgan fingerprint density at radius 3 is 2.35 bits per heavy atom. The molecule has 7 nitrogen and oxygen atoms in total. The van der Waals surface area contributed by atoms with Crippen molar-refractivity contribution in [1.29, 1.82) is 0 Å². The maximum Gasteiger partial charge on any atom is 0.256 e. The minimum Gasteiger partial charge on any atom is -0.473 e. The van der Waals surface area contributed by atoms with Gasteiger partial charge in [-0.05, 0) is 65.6 Å². The van der Waals surface area contributed by atoms with Gasteiger partial charge in [-0.25, -0.2) is 0 Å². The fourth-order valence-electron chi connectivity index (χ4n) is 4.44. The molecule has 0 aromatic heterocycles.